The summed E-state index contributed by atoms with van der Waals surface area (Å²) in [4.78, 5) is 0. The Labute approximate surface area is 166 Å². The Morgan fingerprint density at radius 1 is 0.769 bits per heavy atom. The molecule has 1 rings (SSSR count). The number of hydrogen-bond donors (Lipinski definition) is 1. The van der Waals surface area contributed by atoms with Crippen molar-refractivity contribution in [3.8, 4) is 0 Å². The van der Waals surface area contributed by atoms with E-state index in [1.807, 2.05) is 0 Å². The van der Waals surface area contributed by atoms with E-state index < -0.39 is 0 Å². The summed E-state index contributed by atoms with van der Waals surface area (Å²) in [5, 5.41) is 0. The summed E-state index contributed by atoms with van der Waals surface area (Å²) in [6.07, 6.45) is 5.35. The van der Waals surface area contributed by atoms with Crippen molar-refractivity contribution >= 4 is 0 Å². The van der Waals surface area contributed by atoms with Crippen LogP contribution in [0.15, 0.2) is 0 Å². The van der Waals surface area contributed by atoms with E-state index >= 15 is 0 Å². The van der Waals surface area contributed by atoms with Gasteiger partial charge in [0.15, 0.2) is 0 Å². The number of nitrogens with two attached hydrogens (primary N) is 1. The van der Waals surface area contributed by atoms with Gasteiger partial charge < -0.3 is 5.73 Å². The Hall–Kier alpha value is -0.0400. The van der Waals surface area contributed by atoms with E-state index in [0.29, 0.717) is 5.41 Å². The molecular weight excluding hydrogens is 314 g/mol. The lowest BCUT2D eigenvalue weighted by Crippen LogP contribution is -2.32. The predicted octanol–water partition coefficient (Wildman–Crippen LogP) is 7.25. The highest BCUT2D eigenvalue weighted by Gasteiger charge is 2.54. The molecule has 0 radical (unpaired) electrons. The van der Waals surface area contributed by atoms with Gasteiger partial charge in [-0.2, -0.15) is 0 Å². The van der Waals surface area contributed by atoms with Crippen molar-refractivity contribution < 1.29 is 0 Å². The lowest BCUT2D eigenvalue weighted by Gasteiger charge is -2.38. The number of rotatable bonds is 12. The fraction of sp³-hybridized carbons (Fsp3) is 1.00. The normalized spacial score (nSPS) is 31.2. The van der Waals surface area contributed by atoms with Crippen LogP contribution in [0.5, 0.6) is 0 Å². The maximum atomic E-state index is 5.99. The average molecular weight is 366 g/mol. The van der Waals surface area contributed by atoms with E-state index in [1.165, 1.54) is 25.7 Å². The van der Waals surface area contributed by atoms with Crippen LogP contribution in [0, 0.1) is 58.7 Å². The molecule has 1 aliphatic rings. The highest BCUT2D eigenvalue weighted by Crippen LogP contribution is 2.62. The molecule has 0 bridgehead atoms. The van der Waals surface area contributed by atoms with Crippen LogP contribution in [0.2, 0.25) is 0 Å². The molecule has 26 heavy (non-hydrogen) atoms. The molecular formula is C25H51N. The van der Waals surface area contributed by atoms with Crippen molar-refractivity contribution in [2.24, 2.45) is 64.4 Å². The third-order valence-electron chi connectivity index (χ3n) is 9.18. The standard InChI is InChI=1S/C25H51N/c1-11-17(4)19(6)21(8)23(10)22(9)20(7)18(5)14-25(12-13-26)15-24(25)16(2)3/h16-24H,11-15,26H2,1-10H3. The van der Waals surface area contributed by atoms with E-state index in [0.717, 1.165) is 59.8 Å². The van der Waals surface area contributed by atoms with E-state index in [1.54, 1.807) is 0 Å². The molecule has 9 atom stereocenters. The second-order valence-electron chi connectivity index (χ2n) is 10.8. The SMILES string of the molecule is CCC(C)C(C)C(C)C(C)C(C)C(C)C(C)CC1(CCN)CC1C(C)C. The van der Waals surface area contributed by atoms with Gasteiger partial charge in [-0.25, -0.2) is 0 Å². The third-order valence-corrected chi connectivity index (χ3v) is 9.18. The van der Waals surface area contributed by atoms with E-state index in [-0.39, 0.29) is 0 Å². The average Bonchev–Trinajstić information content (AvgIpc) is 3.31. The van der Waals surface area contributed by atoms with E-state index in [9.17, 15) is 0 Å². The summed E-state index contributed by atoms with van der Waals surface area (Å²) in [5.41, 5.74) is 6.56. The molecule has 0 heterocycles. The second kappa shape index (κ2) is 9.94. The molecule has 0 aromatic carbocycles. The van der Waals surface area contributed by atoms with Gasteiger partial charge in [0.2, 0.25) is 0 Å². The lowest BCUT2D eigenvalue weighted by atomic mass is 9.67. The van der Waals surface area contributed by atoms with Gasteiger partial charge in [0.1, 0.15) is 0 Å². The van der Waals surface area contributed by atoms with Gasteiger partial charge in [-0.15, -0.1) is 0 Å². The molecule has 0 spiro atoms. The van der Waals surface area contributed by atoms with Crippen molar-refractivity contribution in [1.29, 1.82) is 0 Å². The van der Waals surface area contributed by atoms with Crippen molar-refractivity contribution in [2.75, 3.05) is 6.54 Å². The van der Waals surface area contributed by atoms with Gasteiger partial charge in [0, 0.05) is 0 Å². The van der Waals surface area contributed by atoms with E-state index in [2.05, 4.69) is 69.2 Å². The summed E-state index contributed by atoms with van der Waals surface area (Å²) < 4.78 is 0. The number of hydrogen-bond acceptors (Lipinski definition) is 1. The topological polar surface area (TPSA) is 26.0 Å². The maximum absolute atomic E-state index is 5.99. The fourth-order valence-corrected chi connectivity index (χ4v) is 5.91. The molecule has 0 aromatic heterocycles. The minimum absolute atomic E-state index is 0.565. The summed E-state index contributed by atoms with van der Waals surface area (Å²) in [6.45, 7) is 25.5. The van der Waals surface area contributed by atoms with Crippen LogP contribution in [0.4, 0.5) is 0 Å². The summed E-state index contributed by atoms with van der Waals surface area (Å²) >= 11 is 0. The van der Waals surface area contributed by atoms with Gasteiger partial charge >= 0.3 is 0 Å². The first-order chi connectivity index (χ1) is 12.0. The second-order valence-corrected chi connectivity index (χ2v) is 10.8. The molecule has 0 saturated heterocycles. The van der Waals surface area contributed by atoms with E-state index in [4.69, 9.17) is 5.73 Å². The Bertz CT molecular complexity index is 403. The first-order valence-electron chi connectivity index (χ1n) is 11.7. The van der Waals surface area contributed by atoms with Crippen LogP contribution in [-0.2, 0) is 0 Å². The van der Waals surface area contributed by atoms with Crippen molar-refractivity contribution in [3.05, 3.63) is 0 Å². The zero-order chi connectivity index (χ0) is 20.2. The minimum atomic E-state index is 0.565. The fourth-order valence-electron chi connectivity index (χ4n) is 5.91. The molecule has 1 saturated carbocycles. The first kappa shape index (κ1) is 24.0. The Kier molecular flexibility index (Phi) is 9.18. The third kappa shape index (κ3) is 5.49. The zero-order valence-electron chi connectivity index (χ0n) is 19.8. The molecule has 1 fully saturated rings. The molecule has 9 unspecified atom stereocenters. The maximum Gasteiger partial charge on any atom is -0.00719 e. The molecule has 0 aliphatic heterocycles. The molecule has 0 aromatic rings. The largest absolute Gasteiger partial charge is 0.330 e. The Balaban J connectivity index is 2.70. The molecule has 1 heteroatoms. The van der Waals surface area contributed by atoms with Crippen molar-refractivity contribution in [3.63, 3.8) is 0 Å². The highest BCUT2D eigenvalue weighted by molar-refractivity contribution is 5.04. The van der Waals surface area contributed by atoms with Gasteiger partial charge in [0.25, 0.3) is 0 Å². The van der Waals surface area contributed by atoms with Gasteiger partial charge in [-0.05, 0) is 84.5 Å². The van der Waals surface area contributed by atoms with Crippen LogP contribution >= 0.6 is 0 Å². The molecule has 1 nitrogen and oxygen atoms in total. The smallest absolute Gasteiger partial charge is 0.00719 e. The van der Waals surface area contributed by atoms with Gasteiger partial charge in [0.05, 0.1) is 0 Å². The summed E-state index contributed by atoms with van der Waals surface area (Å²) in [7, 11) is 0. The minimum Gasteiger partial charge on any atom is -0.330 e. The first-order valence-corrected chi connectivity index (χ1v) is 11.7. The van der Waals surface area contributed by atoms with Crippen LogP contribution < -0.4 is 5.73 Å². The Morgan fingerprint density at radius 3 is 1.62 bits per heavy atom. The highest BCUT2D eigenvalue weighted by atomic mass is 14.6. The lowest BCUT2D eigenvalue weighted by molar-refractivity contribution is 0.105. The summed E-state index contributed by atoms with van der Waals surface area (Å²) in [5.74, 6) is 7.36. The predicted molar refractivity (Wildman–Crippen MR) is 118 cm³/mol. The van der Waals surface area contributed by atoms with Crippen LogP contribution in [0.1, 0.15) is 94.9 Å². The van der Waals surface area contributed by atoms with Crippen LogP contribution in [0.25, 0.3) is 0 Å². The summed E-state index contributed by atoms with van der Waals surface area (Å²) in [6, 6.07) is 0. The van der Waals surface area contributed by atoms with Crippen molar-refractivity contribution in [1.82, 2.24) is 0 Å². The Morgan fingerprint density at radius 2 is 1.23 bits per heavy atom. The van der Waals surface area contributed by atoms with Crippen LogP contribution in [0.3, 0.4) is 0 Å². The van der Waals surface area contributed by atoms with Gasteiger partial charge in [-0.3, -0.25) is 0 Å². The zero-order valence-corrected chi connectivity index (χ0v) is 19.8. The quantitative estimate of drug-likeness (QED) is 0.387. The van der Waals surface area contributed by atoms with Crippen LogP contribution in [-0.4, -0.2) is 6.54 Å². The molecule has 0 amide bonds. The van der Waals surface area contributed by atoms with Gasteiger partial charge in [-0.1, -0.05) is 75.7 Å². The molecule has 1 aliphatic carbocycles. The molecule has 2 N–H and O–H groups in total. The molecule has 156 valence electrons. The monoisotopic (exact) mass is 365 g/mol. The van der Waals surface area contributed by atoms with Crippen molar-refractivity contribution in [2.45, 2.75) is 94.9 Å².